The Labute approximate surface area is 188 Å². The topological polar surface area (TPSA) is 76.3 Å². The maximum absolute atomic E-state index is 12.2. The lowest BCUT2D eigenvalue weighted by Crippen LogP contribution is -2.21. The number of amides is 1. The smallest absolute Gasteiger partial charge is 0.411 e. The molecule has 4 rings (SSSR count). The fourth-order valence-electron chi connectivity index (χ4n) is 4.17. The van der Waals surface area contributed by atoms with Gasteiger partial charge in [-0.05, 0) is 76.3 Å². The van der Waals surface area contributed by atoms with Crippen LogP contribution in [0, 0.1) is 17.2 Å². The van der Waals surface area contributed by atoms with Crippen LogP contribution >= 0.6 is 0 Å². The van der Waals surface area contributed by atoms with Gasteiger partial charge in [0.1, 0.15) is 17.9 Å². The van der Waals surface area contributed by atoms with Crippen molar-refractivity contribution in [1.82, 2.24) is 4.57 Å². The highest BCUT2D eigenvalue weighted by Gasteiger charge is 2.30. The van der Waals surface area contributed by atoms with Crippen molar-refractivity contribution in [2.75, 3.05) is 11.9 Å². The van der Waals surface area contributed by atoms with Crippen LogP contribution in [0.5, 0.6) is 5.75 Å². The molecule has 0 unspecified atom stereocenters. The summed E-state index contributed by atoms with van der Waals surface area (Å²) in [5.74, 6) is 1.28. The average molecular weight is 432 g/mol. The van der Waals surface area contributed by atoms with Crippen molar-refractivity contribution in [1.29, 1.82) is 5.26 Å². The van der Waals surface area contributed by atoms with Gasteiger partial charge in [-0.2, -0.15) is 5.26 Å². The number of anilines is 1. The Bertz CT molecular complexity index is 1170. The number of carbonyl (C=O) groups excluding carboxylic acids is 1. The van der Waals surface area contributed by atoms with E-state index in [0.29, 0.717) is 23.8 Å². The molecule has 0 saturated heterocycles. The molecule has 1 N–H and O–H groups in total. The minimum atomic E-state index is -0.436. The molecule has 0 aliphatic heterocycles. The van der Waals surface area contributed by atoms with E-state index in [1.807, 2.05) is 56.3 Å². The van der Waals surface area contributed by atoms with Gasteiger partial charge >= 0.3 is 6.09 Å². The highest BCUT2D eigenvalue weighted by molar-refractivity contribution is 5.95. The van der Waals surface area contributed by atoms with Crippen molar-refractivity contribution in [3.05, 3.63) is 48.0 Å². The first-order chi connectivity index (χ1) is 15.4. The molecule has 1 aliphatic carbocycles. The third-order valence-electron chi connectivity index (χ3n) is 5.90. The van der Waals surface area contributed by atoms with Crippen LogP contribution in [0.1, 0.15) is 52.1 Å². The Morgan fingerprint density at radius 1 is 1.19 bits per heavy atom. The van der Waals surface area contributed by atoms with Crippen molar-refractivity contribution >= 4 is 22.7 Å². The summed E-state index contributed by atoms with van der Waals surface area (Å²) in [6.07, 6.45) is 1.76. The number of fused-ring (bicyclic) bond motifs is 1. The SMILES string of the molecule is CCOc1ccc2c(C#N)c(-c3ccc(NC(=O)O[C@H](C)C4CC4)cc3)n(C(C)C)c2c1. The number of nitrogens with one attached hydrogen (secondary N) is 1. The van der Waals surface area contributed by atoms with Crippen LogP contribution < -0.4 is 10.1 Å². The molecule has 1 amide bonds. The summed E-state index contributed by atoms with van der Waals surface area (Å²) in [5.41, 5.74) is 4.04. The second-order valence-corrected chi connectivity index (χ2v) is 8.56. The highest BCUT2D eigenvalue weighted by atomic mass is 16.6. The fraction of sp³-hybridized carbons (Fsp3) is 0.385. The molecule has 3 aromatic rings. The Morgan fingerprint density at radius 3 is 2.50 bits per heavy atom. The number of benzene rings is 2. The first kappa shape index (κ1) is 21.8. The van der Waals surface area contributed by atoms with E-state index >= 15 is 0 Å². The summed E-state index contributed by atoms with van der Waals surface area (Å²) >= 11 is 0. The van der Waals surface area contributed by atoms with Crippen LogP contribution in [0.2, 0.25) is 0 Å². The Balaban J connectivity index is 1.67. The average Bonchev–Trinajstić information content (AvgIpc) is 3.56. The standard InChI is InChI=1S/C26H29N3O3/c1-5-31-21-12-13-22-23(15-27)25(29(16(2)3)24(22)14-21)19-8-10-20(11-9-19)28-26(30)32-17(4)18-6-7-18/h8-14,16-18H,5-7H2,1-4H3,(H,28,30)/t17-/m1/s1. The monoisotopic (exact) mass is 431 g/mol. The molecule has 0 spiro atoms. The van der Waals surface area contributed by atoms with Gasteiger partial charge in [-0.15, -0.1) is 0 Å². The molecule has 1 fully saturated rings. The molecular weight excluding hydrogens is 402 g/mol. The van der Waals surface area contributed by atoms with Crippen LogP contribution in [-0.2, 0) is 4.74 Å². The Hall–Kier alpha value is -3.46. The summed E-state index contributed by atoms with van der Waals surface area (Å²) in [5, 5.41) is 13.7. The zero-order valence-corrected chi connectivity index (χ0v) is 19.0. The summed E-state index contributed by atoms with van der Waals surface area (Å²) in [7, 11) is 0. The number of carbonyl (C=O) groups is 1. The van der Waals surface area contributed by atoms with Gasteiger partial charge in [0.05, 0.1) is 23.4 Å². The lowest BCUT2D eigenvalue weighted by atomic mass is 10.1. The molecule has 1 heterocycles. The molecule has 166 valence electrons. The molecule has 1 aliphatic rings. The van der Waals surface area contributed by atoms with Crippen LogP contribution in [0.25, 0.3) is 22.2 Å². The molecule has 1 saturated carbocycles. The summed E-state index contributed by atoms with van der Waals surface area (Å²) in [4.78, 5) is 12.2. The number of hydrogen-bond donors (Lipinski definition) is 1. The largest absolute Gasteiger partial charge is 0.494 e. The third kappa shape index (κ3) is 4.29. The second kappa shape index (κ2) is 8.96. The van der Waals surface area contributed by atoms with Crippen LogP contribution in [0.4, 0.5) is 10.5 Å². The number of nitrogens with zero attached hydrogens (tertiary/aromatic N) is 2. The van der Waals surface area contributed by atoms with Crippen molar-refractivity contribution < 1.29 is 14.3 Å². The normalized spacial score (nSPS) is 14.2. The minimum Gasteiger partial charge on any atom is -0.494 e. The predicted octanol–water partition coefficient (Wildman–Crippen LogP) is 6.51. The number of rotatable bonds is 7. The molecular formula is C26H29N3O3. The van der Waals surface area contributed by atoms with E-state index in [-0.39, 0.29) is 12.1 Å². The van der Waals surface area contributed by atoms with Gasteiger partial charge in [-0.1, -0.05) is 12.1 Å². The summed E-state index contributed by atoms with van der Waals surface area (Å²) < 4.78 is 13.3. The minimum absolute atomic E-state index is 0.0595. The van der Waals surface area contributed by atoms with Crippen molar-refractivity contribution in [3.63, 3.8) is 0 Å². The summed E-state index contributed by atoms with van der Waals surface area (Å²) in [6.45, 7) is 8.68. The highest BCUT2D eigenvalue weighted by Crippen LogP contribution is 2.38. The molecule has 1 atom stereocenters. The Morgan fingerprint density at radius 2 is 1.91 bits per heavy atom. The van der Waals surface area contributed by atoms with E-state index in [2.05, 4.69) is 29.8 Å². The maximum Gasteiger partial charge on any atom is 0.411 e. The molecule has 6 heteroatoms. The van der Waals surface area contributed by atoms with Gasteiger partial charge in [-0.25, -0.2) is 4.79 Å². The number of nitriles is 1. The van der Waals surface area contributed by atoms with Gasteiger partial charge in [0.25, 0.3) is 0 Å². The van der Waals surface area contributed by atoms with E-state index in [1.54, 1.807) is 0 Å². The van der Waals surface area contributed by atoms with Gasteiger partial charge in [0, 0.05) is 23.2 Å². The molecule has 1 aromatic heterocycles. The lowest BCUT2D eigenvalue weighted by Gasteiger charge is -2.16. The molecule has 6 nitrogen and oxygen atoms in total. The van der Waals surface area contributed by atoms with Gasteiger partial charge < -0.3 is 14.0 Å². The zero-order chi connectivity index (χ0) is 22.8. The number of hydrogen-bond acceptors (Lipinski definition) is 4. The van der Waals surface area contributed by atoms with E-state index in [1.165, 1.54) is 0 Å². The van der Waals surface area contributed by atoms with Gasteiger partial charge in [0.15, 0.2) is 0 Å². The fourth-order valence-corrected chi connectivity index (χ4v) is 4.17. The maximum atomic E-state index is 12.2. The van der Waals surface area contributed by atoms with E-state index in [4.69, 9.17) is 9.47 Å². The molecule has 32 heavy (non-hydrogen) atoms. The van der Waals surface area contributed by atoms with E-state index in [0.717, 1.165) is 40.8 Å². The third-order valence-corrected chi connectivity index (χ3v) is 5.90. The lowest BCUT2D eigenvalue weighted by molar-refractivity contribution is 0.108. The van der Waals surface area contributed by atoms with Crippen LogP contribution in [0.15, 0.2) is 42.5 Å². The zero-order valence-electron chi connectivity index (χ0n) is 19.0. The molecule has 0 radical (unpaired) electrons. The van der Waals surface area contributed by atoms with Crippen molar-refractivity contribution in [2.45, 2.75) is 52.7 Å². The Kier molecular flexibility index (Phi) is 6.09. The first-order valence-corrected chi connectivity index (χ1v) is 11.2. The van der Waals surface area contributed by atoms with Crippen molar-refractivity contribution in [3.8, 4) is 23.1 Å². The van der Waals surface area contributed by atoms with E-state index in [9.17, 15) is 10.1 Å². The predicted molar refractivity (Wildman–Crippen MR) is 126 cm³/mol. The number of aromatic nitrogens is 1. The van der Waals surface area contributed by atoms with Crippen LogP contribution in [0.3, 0.4) is 0 Å². The van der Waals surface area contributed by atoms with E-state index < -0.39 is 6.09 Å². The molecule has 0 bridgehead atoms. The molecule has 2 aromatic carbocycles. The van der Waals surface area contributed by atoms with Crippen LogP contribution in [-0.4, -0.2) is 23.4 Å². The van der Waals surface area contributed by atoms with Gasteiger partial charge in [-0.3, -0.25) is 5.32 Å². The quantitative estimate of drug-likeness (QED) is 0.463. The summed E-state index contributed by atoms with van der Waals surface area (Å²) in [6, 6.07) is 15.9. The number of ether oxygens (including phenoxy) is 2. The van der Waals surface area contributed by atoms with Gasteiger partial charge in [0.2, 0.25) is 0 Å². The second-order valence-electron chi connectivity index (χ2n) is 8.56. The van der Waals surface area contributed by atoms with Crippen molar-refractivity contribution in [2.24, 2.45) is 5.92 Å². The first-order valence-electron chi connectivity index (χ1n) is 11.2.